The minimum atomic E-state index is 0.407. The molecule has 0 amide bonds. The Bertz CT molecular complexity index is 272. The molecule has 1 heterocycles. The summed E-state index contributed by atoms with van der Waals surface area (Å²) in [5.41, 5.74) is 6.18. The number of hydrogen-bond acceptors (Lipinski definition) is 3. The molecule has 0 spiro atoms. The van der Waals surface area contributed by atoms with Gasteiger partial charge in [-0.15, -0.1) is 0 Å². The zero-order chi connectivity index (χ0) is 14.6. The third kappa shape index (κ3) is 5.01. The van der Waals surface area contributed by atoms with E-state index >= 15 is 0 Å². The first-order chi connectivity index (χ1) is 9.50. The molecule has 2 aliphatic rings. The summed E-state index contributed by atoms with van der Waals surface area (Å²) in [4.78, 5) is 5.37. The zero-order valence-electron chi connectivity index (χ0n) is 13.9. The van der Waals surface area contributed by atoms with Gasteiger partial charge in [-0.3, -0.25) is 4.90 Å². The van der Waals surface area contributed by atoms with Crippen LogP contribution < -0.4 is 5.73 Å². The lowest BCUT2D eigenvalue weighted by molar-refractivity contribution is 0.119. The summed E-state index contributed by atoms with van der Waals surface area (Å²) in [5.74, 6) is 0.778. The van der Waals surface area contributed by atoms with E-state index in [1.54, 1.807) is 0 Å². The van der Waals surface area contributed by atoms with E-state index in [1.165, 1.54) is 64.8 Å². The molecule has 2 rings (SSSR count). The average Bonchev–Trinajstić information content (AvgIpc) is 3.22. The van der Waals surface area contributed by atoms with Gasteiger partial charge in [0.05, 0.1) is 0 Å². The van der Waals surface area contributed by atoms with Gasteiger partial charge in [-0.25, -0.2) is 0 Å². The van der Waals surface area contributed by atoms with Crippen molar-refractivity contribution in [3.8, 4) is 0 Å². The summed E-state index contributed by atoms with van der Waals surface area (Å²) < 4.78 is 0. The third-order valence-corrected chi connectivity index (χ3v) is 5.24. The Morgan fingerprint density at radius 1 is 1.05 bits per heavy atom. The second-order valence-electron chi connectivity index (χ2n) is 7.89. The Morgan fingerprint density at radius 3 is 2.20 bits per heavy atom. The van der Waals surface area contributed by atoms with Gasteiger partial charge in [-0.2, -0.15) is 0 Å². The molecule has 1 unspecified atom stereocenters. The van der Waals surface area contributed by atoms with Crippen molar-refractivity contribution in [2.45, 2.75) is 58.9 Å². The Hall–Kier alpha value is -0.120. The number of hydrogen-bond donors (Lipinski definition) is 1. The van der Waals surface area contributed by atoms with Gasteiger partial charge >= 0.3 is 0 Å². The van der Waals surface area contributed by atoms with Crippen molar-refractivity contribution in [1.82, 2.24) is 9.80 Å². The van der Waals surface area contributed by atoms with Crippen molar-refractivity contribution in [2.24, 2.45) is 17.1 Å². The van der Waals surface area contributed by atoms with Gasteiger partial charge in [0.15, 0.2) is 0 Å². The predicted octanol–water partition coefficient (Wildman–Crippen LogP) is 2.56. The molecule has 3 heteroatoms. The summed E-state index contributed by atoms with van der Waals surface area (Å²) in [5, 5.41) is 0. The standard InChI is InChI=1S/C17H35N3/c1-17(2,3)15(8-9-18)5-4-10-19-11-13-20(14-12-19)16-6-7-16/h15-16H,4-14,18H2,1-3H3. The maximum atomic E-state index is 5.77. The van der Waals surface area contributed by atoms with Crippen molar-refractivity contribution < 1.29 is 0 Å². The van der Waals surface area contributed by atoms with Gasteiger partial charge in [0.25, 0.3) is 0 Å². The second-order valence-corrected chi connectivity index (χ2v) is 7.89. The van der Waals surface area contributed by atoms with Crippen LogP contribution in [0.25, 0.3) is 0 Å². The lowest BCUT2D eigenvalue weighted by atomic mass is 9.76. The monoisotopic (exact) mass is 281 g/mol. The average molecular weight is 281 g/mol. The number of nitrogens with zero attached hydrogens (tertiary/aromatic N) is 2. The molecule has 2 N–H and O–H groups in total. The highest BCUT2D eigenvalue weighted by Crippen LogP contribution is 2.32. The van der Waals surface area contributed by atoms with Gasteiger partial charge in [-0.05, 0) is 56.5 Å². The minimum absolute atomic E-state index is 0.407. The van der Waals surface area contributed by atoms with Crippen LogP contribution in [0.3, 0.4) is 0 Å². The lowest BCUT2D eigenvalue weighted by Gasteiger charge is -2.36. The van der Waals surface area contributed by atoms with Gasteiger partial charge in [0.2, 0.25) is 0 Å². The van der Waals surface area contributed by atoms with Crippen LogP contribution in [-0.4, -0.2) is 55.1 Å². The van der Waals surface area contributed by atoms with Crippen molar-refractivity contribution in [3.63, 3.8) is 0 Å². The highest BCUT2D eigenvalue weighted by Gasteiger charge is 2.31. The van der Waals surface area contributed by atoms with Gasteiger partial charge in [0, 0.05) is 32.2 Å². The molecule has 1 saturated heterocycles. The fourth-order valence-corrected chi connectivity index (χ4v) is 3.56. The fourth-order valence-electron chi connectivity index (χ4n) is 3.56. The van der Waals surface area contributed by atoms with E-state index in [-0.39, 0.29) is 0 Å². The SMILES string of the molecule is CC(C)(C)C(CCN)CCCN1CCN(C2CC2)CC1. The quantitative estimate of drug-likeness (QED) is 0.778. The molecule has 1 saturated carbocycles. The van der Waals surface area contributed by atoms with Crippen LogP contribution in [0.2, 0.25) is 0 Å². The van der Waals surface area contributed by atoms with E-state index in [2.05, 4.69) is 30.6 Å². The Labute approximate surface area is 125 Å². The Morgan fingerprint density at radius 2 is 1.70 bits per heavy atom. The highest BCUT2D eigenvalue weighted by atomic mass is 15.3. The smallest absolute Gasteiger partial charge is 0.0113 e. The molecule has 1 atom stereocenters. The van der Waals surface area contributed by atoms with E-state index < -0.39 is 0 Å². The van der Waals surface area contributed by atoms with E-state index in [9.17, 15) is 0 Å². The Balaban J connectivity index is 1.62. The summed E-state index contributed by atoms with van der Waals surface area (Å²) in [6.45, 7) is 14.4. The van der Waals surface area contributed by atoms with E-state index in [0.29, 0.717) is 5.41 Å². The lowest BCUT2D eigenvalue weighted by Crippen LogP contribution is -2.47. The Kier molecular flexibility index (Phi) is 5.88. The molecule has 0 aromatic carbocycles. The van der Waals surface area contributed by atoms with Crippen molar-refractivity contribution in [1.29, 1.82) is 0 Å². The molecular formula is C17H35N3. The van der Waals surface area contributed by atoms with Crippen LogP contribution in [0.1, 0.15) is 52.9 Å². The summed E-state index contributed by atoms with van der Waals surface area (Å²) >= 11 is 0. The zero-order valence-corrected chi connectivity index (χ0v) is 13.9. The van der Waals surface area contributed by atoms with Crippen LogP contribution in [0, 0.1) is 11.3 Å². The fraction of sp³-hybridized carbons (Fsp3) is 1.00. The first kappa shape index (κ1) is 16.3. The first-order valence-corrected chi connectivity index (χ1v) is 8.67. The summed E-state index contributed by atoms with van der Waals surface area (Å²) in [6.07, 6.45) is 6.76. The molecule has 1 aliphatic heterocycles. The van der Waals surface area contributed by atoms with Crippen molar-refractivity contribution >= 4 is 0 Å². The van der Waals surface area contributed by atoms with Crippen LogP contribution in [0.15, 0.2) is 0 Å². The van der Waals surface area contributed by atoms with Crippen molar-refractivity contribution in [3.05, 3.63) is 0 Å². The summed E-state index contributed by atoms with van der Waals surface area (Å²) in [7, 11) is 0. The van der Waals surface area contributed by atoms with Crippen LogP contribution >= 0.6 is 0 Å². The topological polar surface area (TPSA) is 32.5 Å². The van der Waals surface area contributed by atoms with Crippen LogP contribution in [-0.2, 0) is 0 Å². The maximum absolute atomic E-state index is 5.77. The molecule has 118 valence electrons. The molecule has 20 heavy (non-hydrogen) atoms. The van der Waals surface area contributed by atoms with Crippen molar-refractivity contribution in [2.75, 3.05) is 39.3 Å². The van der Waals surface area contributed by atoms with E-state index in [0.717, 1.165) is 18.5 Å². The molecule has 1 aliphatic carbocycles. The highest BCUT2D eigenvalue weighted by molar-refractivity contribution is 4.87. The summed E-state index contributed by atoms with van der Waals surface area (Å²) in [6, 6.07) is 0.951. The number of nitrogens with two attached hydrogens (primary N) is 1. The molecule has 0 bridgehead atoms. The molecule has 0 radical (unpaired) electrons. The van der Waals surface area contributed by atoms with Gasteiger partial charge in [0.1, 0.15) is 0 Å². The maximum Gasteiger partial charge on any atom is 0.0113 e. The predicted molar refractivity (Wildman–Crippen MR) is 86.9 cm³/mol. The molecule has 0 aromatic rings. The van der Waals surface area contributed by atoms with E-state index in [4.69, 9.17) is 5.73 Å². The van der Waals surface area contributed by atoms with Gasteiger partial charge < -0.3 is 10.6 Å². The molecular weight excluding hydrogens is 246 g/mol. The first-order valence-electron chi connectivity index (χ1n) is 8.67. The van der Waals surface area contributed by atoms with Crippen LogP contribution in [0.4, 0.5) is 0 Å². The minimum Gasteiger partial charge on any atom is -0.330 e. The second kappa shape index (κ2) is 7.24. The molecule has 0 aromatic heterocycles. The largest absolute Gasteiger partial charge is 0.330 e. The van der Waals surface area contributed by atoms with Crippen LogP contribution in [0.5, 0.6) is 0 Å². The molecule has 2 fully saturated rings. The number of piperazine rings is 1. The van der Waals surface area contributed by atoms with Gasteiger partial charge in [-0.1, -0.05) is 20.8 Å². The molecule has 3 nitrogen and oxygen atoms in total. The van der Waals surface area contributed by atoms with E-state index in [1.807, 2.05) is 0 Å². The number of rotatable bonds is 7. The normalized spacial score (nSPS) is 24.0. The third-order valence-electron chi connectivity index (χ3n) is 5.24.